The number of carbonyl (C=O) groups is 1. The van der Waals surface area contributed by atoms with Crippen molar-refractivity contribution in [3.05, 3.63) is 71.8 Å². The summed E-state index contributed by atoms with van der Waals surface area (Å²) in [6.07, 6.45) is 3.30. The zero-order valence-electron chi connectivity index (χ0n) is 15.2. The number of carbonyl (C=O) groups excluding carboxylic acids is 1. The largest absolute Gasteiger partial charge is 0.338 e. The molecule has 150 valence electrons. The molecule has 1 fully saturated rings. The van der Waals surface area contributed by atoms with Crippen LogP contribution in [0, 0.1) is 5.82 Å². The third-order valence-electron chi connectivity index (χ3n) is 4.89. The van der Waals surface area contributed by atoms with Gasteiger partial charge in [-0.1, -0.05) is 23.7 Å². The fourth-order valence-electron chi connectivity index (χ4n) is 3.13. The Labute approximate surface area is 172 Å². The summed E-state index contributed by atoms with van der Waals surface area (Å²) in [5, 5.41) is 4.01. The molecule has 29 heavy (non-hydrogen) atoms. The van der Waals surface area contributed by atoms with Crippen LogP contribution in [0.1, 0.15) is 0 Å². The first-order valence-electron chi connectivity index (χ1n) is 8.88. The molecule has 4 rings (SSSR count). The number of sulfone groups is 1. The third kappa shape index (κ3) is 4.04. The van der Waals surface area contributed by atoms with E-state index in [1.807, 2.05) is 0 Å². The van der Waals surface area contributed by atoms with E-state index in [2.05, 4.69) is 5.10 Å². The smallest absolute Gasteiger partial charge is 0.244 e. The van der Waals surface area contributed by atoms with Crippen LogP contribution in [0.2, 0.25) is 5.02 Å². The van der Waals surface area contributed by atoms with Gasteiger partial charge in [0, 0.05) is 29.9 Å². The van der Waals surface area contributed by atoms with Gasteiger partial charge >= 0.3 is 0 Å². The highest BCUT2D eigenvalue weighted by Crippen LogP contribution is 2.25. The van der Waals surface area contributed by atoms with Crippen molar-refractivity contribution in [1.29, 1.82) is 0 Å². The molecule has 0 aliphatic carbocycles. The maximum absolute atomic E-state index is 13.0. The highest BCUT2D eigenvalue weighted by molar-refractivity contribution is 7.92. The van der Waals surface area contributed by atoms with Crippen molar-refractivity contribution in [3.63, 3.8) is 0 Å². The molecule has 1 amide bonds. The van der Waals surface area contributed by atoms with E-state index in [0.29, 0.717) is 5.02 Å². The Hall–Kier alpha value is -2.71. The fourth-order valence-corrected chi connectivity index (χ4v) is 4.91. The molecule has 2 heterocycles. The minimum Gasteiger partial charge on any atom is -0.338 e. The number of benzene rings is 2. The van der Waals surface area contributed by atoms with Crippen molar-refractivity contribution < 1.29 is 17.6 Å². The summed E-state index contributed by atoms with van der Waals surface area (Å²) in [5.74, 6) is -0.529. The van der Waals surface area contributed by atoms with E-state index in [4.69, 9.17) is 11.6 Å². The van der Waals surface area contributed by atoms with Gasteiger partial charge in [-0.05, 0) is 42.0 Å². The van der Waals surface area contributed by atoms with Crippen LogP contribution in [0.4, 0.5) is 4.39 Å². The summed E-state index contributed by atoms with van der Waals surface area (Å²) in [7, 11) is -3.50. The molecule has 0 atom stereocenters. The molecule has 9 heteroatoms. The number of rotatable bonds is 5. The van der Waals surface area contributed by atoms with Crippen molar-refractivity contribution in [2.45, 2.75) is 16.7 Å². The zero-order valence-corrected chi connectivity index (χ0v) is 16.8. The van der Waals surface area contributed by atoms with Gasteiger partial charge in [0.05, 0.1) is 11.1 Å². The summed E-state index contributed by atoms with van der Waals surface area (Å²) in [6, 6.07) is 12.0. The van der Waals surface area contributed by atoms with Crippen LogP contribution in [-0.4, -0.2) is 47.3 Å². The number of halogens is 2. The first-order chi connectivity index (χ1) is 13.8. The Balaban J connectivity index is 1.36. The van der Waals surface area contributed by atoms with E-state index in [1.54, 1.807) is 24.5 Å². The lowest BCUT2D eigenvalue weighted by Gasteiger charge is -2.38. The summed E-state index contributed by atoms with van der Waals surface area (Å²) in [4.78, 5) is 14.1. The second kappa shape index (κ2) is 7.61. The summed E-state index contributed by atoms with van der Waals surface area (Å²) in [6.45, 7) is 0.306. The van der Waals surface area contributed by atoms with Gasteiger partial charge in [0.1, 0.15) is 17.6 Å². The molecule has 3 aromatic rings. The van der Waals surface area contributed by atoms with Gasteiger partial charge in [0.25, 0.3) is 0 Å². The number of hydrogen-bond donors (Lipinski definition) is 0. The Morgan fingerprint density at radius 3 is 2.38 bits per heavy atom. The fraction of sp³-hybridized carbons (Fsp3) is 0.200. The molecule has 0 bridgehead atoms. The van der Waals surface area contributed by atoms with Crippen molar-refractivity contribution in [2.24, 2.45) is 0 Å². The normalized spacial score (nSPS) is 14.6. The van der Waals surface area contributed by atoms with E-state index in [1.165, 1.54) is 46.0 Å². The van der Waals surface area contributed by atoms with Crippen molar-refractivity contribution in [3.8, 4) is 11.1 Å². The molecule has 0 spiro atoms. The monoisotopic (exact) mass is 433 g/mol. The SMILES string of the molecule is O=C(Cn1cc(-c2ccc(F)cc2)cn1)N1CC(S(=O)(=O)c2ccc(Cl)cc2)C1. The van der Waals surface area contributed by atoms with Crippen LogP contribution in [0.25, 0.3) is 11.1 Å². The Bertz CT molecular complexity index is 1140. The molecule has 0 saturated carbocycles. The lowest BCUT2D eigenvalue weighted by molar-refractivity contribution is -0.135. The van der Waals surface area contributed by atoms with Crippen LogP contribution in [0.5, 0.6) is 0 Å². The van der Waals surface area contributed by atoms with Gasteiger partial charge in [-0.3, -0.25) is 9.48 Å². The van der Waals surface area contributed by atoms with Gasteiger partial charge in [0.15, 0.2) is 9.84 Å². The van der Waals surface area contributed by atoms with Crippen LogP contribution in [-0.2, 0) is 21.2 Å². The van der Waals surface area contributed by atoms with Crippen LogP contribution in [0.3, 0.4) is 0 Å². The van der Waals surface area contributed by atoms with Crippen molar-refractivity contribution >= 4 is 27.3 Å². The molecule has 1 aliphatic rings. The van der Waals surface area contributed by atoms with Gasteiger partial charge in [-0.25, -0.2) is 12.8 Å². The van der Waals surface area contributed by atoms with Crippen molar-refractivity contribution in [2.75, 3.05) is 13.1 Å². The van der Waals surface area contributed by atoms with E-state index in [0.717, 1.165) is 11.1 Å². The lowest BCUT2D eigenvalue weighted by Crippen LogP contribution is -2.57. The Morgan fingerprint density at radius 1 is 1.07 bits per heavy atom. The lowest BCUT2D eigenvalue weighted by atomic mass is 10.1. The molecule has 0 unspecified atom stereocenters. The summed E-state index contributed by atoms with van der Waals surface area (Å²) < 4.78 is 39.7. The van der Waals surface area contributed by atoms with Crippen LogP contribution in [0.15, 0.2) is 65.8 Å². The minimum absolute atomic E-state index is 0.00884. The molecule has 0 N–H and O–H groups in total. The van der Waals surface area contributed by atoms with Gasteiger partial charge < -0.3 is 4.90 Å². The highest BCUT2D eigenvalue weighted by Gasteiger charge is 2.40. The average Bonchev–Trinajstić information content (AvgIpc) is 3.09. The van der Waals surface area contributed by atoms with E-state index >= 15 is 0 Å². The topological polar surface area (TPSA) is 72.3 Å². The molecule has 6 nitrogen and oxygen atoms in total. The van der Waals surface area contributed by atoms with Crippen LogP contribution < -0.4 is 0 Å². The first kappa shape index (κ1) is 19.6. The van der Waals surface area contributed by atoms with Gasteiger partial charge in [0.2, 0.25) is 5.91 Å². The standard InChI is InChI=1S/C20H17ClFN3O3S/c21-16-3-7-18(8-4-16)29(27,28)19-11-24(12-19)20(26)13-25-10-15(9-23-25)14-1-5-17(22)6-2-14/h1-10,19H,11-13H2. The van der Waals surface area contributed by atoms with Gasteiger partial charge in [-0.15, -0.1) is 0 Å². The predicted octanol–water partition coefficient (Wildman–Crippen LogP) is 3.03. The summed E-state index contributed by atoms with van der Waals surface area (Å²) >= 11 is 5.81. The number of amides is 1. The molecular formula is C20H17ClFN3O3S. The molecule has 2 aromatic carbocycles. The minimum atomic E-state index is -3.50. The number of nitrogens with zero attached hydrogens (tertiary/aromatic N) is 3. The number of hydrogen-bond acceptors (Lipinski definition) is 4. The molecule has 1 aliphatic heterocycles. The highest BCUT2D eigenvalue weighted by atomic mass is 35.5. The quantitative estimate of drug-likeness (QED) is 0.620. The van der Waals surface area contributed by atoms with E-state index in [-0.39, 0.29) is 36.3 Å². The Kier molecular flexibility index (Phi) is 5.14. The second-order valence-corrected chi connectivity index (χ2v) is 9.52. The first-order valence-corrected chi connectivity index (χ1v) is 10.8. The molecule has 1 saturated heterocycles. The molecule has 1 aromatic heterocycles. The maximum Gasteiger partial charge on any atom is 0.244 e. The van der Waals surface area contributed by atoms with Crippen LogP contribution >= 0.6 is 11.6 Å². The number of aromatic nitrogens is 2. The van der Waals surface area contributed by atoms with Crippen molar-refractivity contribution in [1.82, 2.24) is 14.7 Å². The summed E-state index contributed by atoms with van der Waals surface area (Å²) in [5.41, 5.74) is 1.56. The Morgan fingerprint density at radius 2 is 1.72 bits per heavy atom. The third-order valence-corrected chi connectivity index (χ3v) is 7.25. The molecular weight excluding hydrogens is 417 g/mol. The average molecular weight is 434 g/mol. The zero-order chi connectivity index (χ0) is 20.6. The van der Waals surface area contributed by atoms with Gasteiger partial charge in [-0.2, -0.15) is 5.10 Å². The maximum atomic E-state index is 13.0. The second-order valence-electron chi connectivity index (χ2n) is 6.85. The predicted molar refractivity (Wildman–Crippen MR) is 107 cm³/mol. The van der Waals surface area contributed by atoms with E-state index in [9.17, 15) is 17.6 Å². The molecule has 0 radical (unpaired) electrons. The van der Waals surface area contributed by atoms with E-state index < -0.39 is 15.1 Å². The number of likely N-dealkylation sites (tertiary alicyclic amines) is 1.